The maximum atomic E-state index is 9.59. The molecule has 1 rings (SSSR count). The second kappa shape index (κ2) is 9.46. The van der Waals surface area contributed by atoms with E-state index in [1.54, 1.807) is 12.1 Å². The van der Waals surface area contributed by atoms with E-state index in [-0.39, 0.29) is 17.6 Å². The fourth-order valence-corrected chi connectivity index (χ4v) is 1.99. The van der Waals surface area contributed by atoms with Gasteiger partial charge >= 0.3 is 0 Å². The summed E-state index contributed by atoms with van der Waals surface area (Å²) in [5.74, 6) is 1.02. The van der Waals surface area contributed by atoms with Crippen molar-refractivity contribution in [2.75, 3.05) is 0 Å². The Morgan fingerprint density at radius 3 is 2.39 bits per heavy atom. The van der Waals surface area contributed by atoms with Crippen LogP contribution >= 0.6 is 0 Å². The molecule has 0 unspecified atom stereocenters. The summed E-state index contributed by atoms with van der Waals surface area (Å²) >= 11 is 0. The zero-order valence-electron chi connectivity index (χ0n) is 14.4. The van der Waals surface area contributed by atoms with Crippen LogP contribution in [0.3, 0.4) is 0 Å². The van der Waals surface area contributed by atoms with E-state index in [4.69, 9.17) is 4.79 Å². The average Bonchev–Trinajstić information content (AvgIpc) is 2.42. The van der Waals surface area contributed by atoms with Gasteiger partial charge in [-0.05, 0) is 48.7 Å². The molecule has 1 aromatic rings. The molecule has 1 aromatic carbocycles. The summed E-state index contributed by atoms with van der Waals surface area (Å²) in [5.41, 5.74) is 7.09. The molecule has 126 valence electrons. The molecule has 23 heavy (non-hydrogen) atoms. The highest BCUT2D eigenvalue weighted by Gasteiger charge is 2.22. The normalized spacial score (nSPS) is 11.5. The van der Waals surface area contributed by atoms with Crippen LogP contribution in [0.4, 0.5) is 0 Å². The third kappa shape index (κ3) is 7.85. The lowest BCUT2D eigenvalue weighted by atomic mass is 9.82. The third-order valence-corrected chi connectivity index (χ3v) is 2.97. The van der Waals surface area contributed by atoms with Crippen molar-refractivity contribution in [1.29, 1.82) is 0 Å². The van der Waals surface area contributed by atoms with Gasteiger partial charge in [-0.1, -0.05) is 39.5 Å². The number of hydrogen-bond donors (Lipinski definition) is 3. The lowest BCUT2D eigenvalue weighted by molar-refractivity contribution is -0.106. The Balaban J connectivity index is 0.00000149. The van der Waals surface area contributed by atoms with E-state index in [1.807, 2.05) is 19.1 Å². The van der Waals surface area contributed by atoms with Crippen molar-refractivity contribution in [1.82, 2.24) is 5.32 Å². The summed E-state index contributed by atoms with van der Waals surface area (Å²) in [6, 6.07) is 7.28. The molecule has 1 amide bonds. The van der Waals surface area contributed by atoms with Crippen molar-refractivity contribution in [3.63, 3.8) is 0 Å². The number of phenolic OH excluding ortho intramolecular Hbond substituents is 1. The Morgan fingerprint density at radius 2 is 2.00 bits per heavy atom. The van der Waals surface area contributed by atoms with Crippen molar-refractivity contribution in [3.05, 3.63) is 53.5 Å². The van der Waals surface area contributed by atoms with Crippen molar-refractivity contribution >= 4 is 13.1 Å². The van der Waals surface area contributed by atoms with Gasteiger partial charge in [-0.25, -0.2) is 4.99 Å². The van der Waals surface area contributed by atoms with E-state index in [2.05, 4.69) is 50.1 Å². The smallest absolute Gasteiger partial charge is 0.204 e. The molecule has 5 heteroatoms. The second-order valence-corrected chi connectivity index (χ2v) is 6.12. The quantitative estimate of drug-likeness (QED) is 0.576. The van der Waals surface area contributed by atoms with Crippen molar-refractivity contribution in [3.8, 4) is 5.75 Å². The van der Waals surface area contributed by atoms with E-state index in [9.17, 15) is 5.11 Å². The van der Waals surface area contributed by atoms with Gasteiger partial charge in [0.1, 0.15) is 11.6 Å². The molecule has 0 saturated heterocycles. The highest BCUT2D eigenvalue weighted by Crippen LogP contribution is 2.31. The molecule has 0 bridgehead atoms. The Labute approximate surface area is 138 Å². The number of phenols is 1. The largest absolute Gasteiger partial charge is 0.508 e. The number of aromatic hydroxyl groups is 1. The number of allylic oxidation sites excluding steroid dienone is 2. The Morgan fingerprint density at radius 1 is 1.43 bits per heavy atom. The van der Waals surface area contributed by atoms with Crippen molar-refractivity contribution in [2.24, 2.45) is 16.1 Å². The van der Waals surface area contributed by atoms with Crippen LogP contribution in [0.25, 0.3) is 0 Å². The number of nitrogens with two attached hydrogens (primary N) is 1. The minimum absolute atomic E-state index is 0.0650. The maximum absolute atomic E-state index is 9.59. The number of primary amides is 1. The molecule has 0 aliphatic carbocycles. The average molecular weight is 317 g/mol. The van der Waals surface area contributed by atoms with E-state index in [1.165, 1.54) is 0 Å². The first-order valence-corrected chi connectivity index (χ1v) is 7.21. The molecule has 0 aliphatic rings. The first-order valence-electron chi connectivity index (χ1n) is 7.21. The van der Waals surface area contributed by atoms with E-state index >= 15 is 0 Å². The van der Waals surface area contributed by atoms with Gasteiger partial charge in [0.05, 0.1) is 0 Å². The fourth-order valence-electron chi connectivity index (χ4n) is 1.99. The first kappa shape index (κ1) is 20.4. The van der Waals surface area contributed by atoms with E-state index < -0.39 is 0 Å². The van der Waals surface area contributed by atoms with E-state index in [0.717, 1.165) is 22.7 Å². The lowest BCUT2D eigenvalue weighted by Crippen LogP contribution is -2.20. The van der Waals surface area contributed by atoms with Gasteiger partial charge in [0.15, 0.2) is 0 Å². The zero-order chi connectivity index (χ0) is 18.0. The van der Waals surface area contributed by atoms with Gasteiger partial charge in [-0.2, -0.15) is 0 Å². The number of nitrogens with zero attached hydrogens (tertiary/aromatic N) is 1. The standard InChI is InChI=1S/C17H24N2O.CH3NO/c1-12(2)19-16(18-6)15(17(3,4)5)11-13-8-7-9-14(20)10-13;2-1-3/h7-10,19-20H,1,6,11H2,2-5H3;1H,(H2,2,3)/b16-15+;. The number of nitrogens with one attached hydrogen (secondary N) is 1. The van der Waals surface area contributed by atoms with Gasteiger partial charge in [0, 0.05) is 5.70 Å². The van der Waals surface area contributed by atoms with Gasteiger partial charge in [0.25, 0.3) is 0 Å². The topological polar surface area (TPSA) is 87.7 Å². The summed E-state index contributed by atoms with van der Waals surface area (Å²) in [7, 11) is 0. The molecule has 0 saturated carbocycles. The molecule has 0 radical (unpaired) electrons. The maximum Gasteiger partial charge on any atom is 0.204 e. The molecule has 5 nitrogen and oxygen atoms in total. The number of aliphatic imine (C=N–C) groups is 1. The van der Waals surface area contributed by atoms with Gasteiger partial charge < -0.3 is 16.2 Å². The monoisotopic (exact) mass is 317 g/mol. The lowest BCUT2D eigenvalue weighted by Gasteiger charge is -2.26. The molecular weight excluding hydrogens is 290 g/mol. The molecular formula is C18H27N3O2. The molecule has 0 aromatic heterocycles. The molecule has 0 spiro atoms. The number of carbonyl (C=O) groups excluding carboxylic acids is 1. The number of rotatable bonds is 5. The van der Waals surface area contributed by atoms with Crippen LogP contribution in [0.5, 0.6) is 5.75 Å². The van der Waals surface area contributed by atoms with Crippen LogP contribution in [0.2, 0.25) is 0 Å². The van der Waals surface area contributed by atoms with Crippen molar-refractivity contribution < 1.29 is 9.90 Å². The molecule has 0 atom stereocenters. The molecule has 0 heterocycles. The number of carbonyl (C=O) groups is 1. The minimum Gasteiger partial charge on any atom is -0.508 e. The van der Waals surface area contributed by atoms with Gasteiger partial charge in [-0.15, -0.1) is 0 Å². The zero-order valence-corrected chi connectivity index (χ0v) is 14.4. The van der Waals surface area contributed by atoms with E-state index in [0.29, 0.717) is 6.42 Å². The fraction of sp³-hybridized carbons (Fsp3) is 0.333. The molecule has 0 aliphatic heterocycles. The number of benzene rings is 1. The minimum atomic E-state index is -0.0650. The first-order chi connectivity index (χ1) is 10.6. The number of hydrogen-bond acceptors (Lipinski definition) is 4. The SMILES string of the molecule is C=N/C(NC(=C)C)=C(/Cc1cccc(O)c1)C(C)(C)C.NC=O. The van der Waals surface area contributed by atoms with Crippen LogP contribution in [0.1, 0.15) is 33.3 Å². The van der Waals surface area contributed by atoms with Crippen molar-refractivity contribution in [2.45, 2.75) is 34.1 Å². The van der Waals surface area contributed by atoms with Crippen LogP contribution in [0, 0.1) is 5.41 Å². The summed E-state index contributed by atoms with van der Waals surface area (Å²) in [5, 5.41) is 12.8. The summed E-state index contributed by atoms with van der Waals surface area (Å²) in [4.78, 5) is 12.7. The summed E-state index contributed by atoms with van der Waals surface area (Å²) in [6.45, 7) is 15.8. The summed E-state index contributed by atoms with van der Waals surface area (Å²) < 4.78 is 0. The molecule has 4 N–H and O–H groups in total. The predicted molar refractivity (Wildman–Crippen MR) is 96.0 cm³/mol. The van der Waals surface area contributed by atoms with Crippen LogP contribution in [-0.2, 0) is 11.2 Å². The molecule has 0 fully saturated rings. The predicted octanol–water partition coefficient (Wildman–Crippen LogP) is 3.12. The summed E-state index contributed by atoms with van der Waals surface area (Å²) in [6.07, 6.45) is 0.951. The Bertz CT molecular complexity index is 584. The Kier molecular flexibility index (Phi) is 8.40. The second-order valence-electron chi connectivity index (χ2n) is 6.12. The Hall–Kier alpha value is -2.56. The third-order valence-electron chi connectivity index (χ3n) is 2.97. The van der Waals surface area contributed by atoms with Crippen LogP contribution in [-0.4, -0.2) is 18.2 Å². The highest BCUT2D eigenvalue weighted by atomic mass is 16.3. The number of amides is 1. The van der Waals surface area contributed by atoms with Gasteiger partial charge in [0.2, 0.25) is 6.41 Å². The van der Waals surface area contributed by atoms with Crippen LogP contribution in [0.15, 0.2) is 52.9 Å². The van der Waals surface area contributed by atoms with Gasteiger partial charge in [-0.3, -0.25) is 4.79 Å². The van der Waals surface area contributed by atoms with Crippen LogP contribution < -0.4 is 11.1 Å². The highest BCUT2D eigenvalue weighted by molar-refractivity contribution is 5.42.